The Balaban J connectivity index is 1.82. The van der Waals surface area contributed by atoms with E-state index in [1.807, 2.05) is 11.8 Å². The monoisotopic (exact) mass is 235 g/mol. The quantitative estimate of drug-likeness (QED) is 0.624. The molecule has 0 N–H and O–H groups in total. The summed E-state index contributed by atoms with van der Waals surface area (Å²) in [4.78, 5) is 2.50. The smallest absolute Gasteiger partial charge is 0.0594 e. The summed E-state index contributed by atoms with van der Waals surface area (Å²) in [7, 11) is 0. The number of ether oxygens (including phenoxy) is 1. The Morgan fingerprint density at radius 3 is 2.50 bits per heavy atom. The lowest BCUT2D eigenvalue weighted by Gasteiger charge is -2.26. The summed E-state index contributed by atoms with van der Waals surface area (Å²) in [6, 6.07) is 0. The SMILES string of the molecule is CCSCCSCCN1CCOCC1. The molecule has 2 nitrogen and oxygen atoms in total. The maximum Gasteiger partial charge on any atom is 0.0594 e. The van der Waals surface area contributed by atoms with E-state index >= 15 is 0 Å². The minimum atomic E-state index is 0.927. The van der Waals surface area contributed by atoms with E-state index in [0.29, 0.717) is 0 Å². The second kappa shape index (κ2) is 8.89. The second-order valence-electron chi connectivity index (χ2n) is 3.26. The molecule has 0 amide bonds. The highest BCUT2D eigenvalue weighted by Crippen LogP contribution is 2.07. The van der Waals surface area contributed by atoms with Gasteiger partial charge in [0.05, 0.1) is 13.2 Å². The van der Waals surface area contributed by atoms with Crippen molar-refractivity contribution in [2.45, 2.75) is 6.92 Å². The largest absolute Gasteiger partial charge is 0.379 e. The fourth-order valence-corrected chi connectivity index (χ4v) is 3.21. The van der Waals surface area contributed by atoms with Crippen LogP contribution < -0.4 is 0 Å². The van der Waals surface area contributed by atoms with Crippen molar-refractivity contribution in [3.63, 3.8) is 0 Å². The van der Waals surface area contributed by atoms with Gasteiger partial charge in [-0.2, -0.15) is 23.5 Å². The lowest BCUT2D eigenvalue weighted by atomic mass is 10.4. The Morgan fingerprint density at radius 1 is 1.07 bits per heavy atom. The molecule has 0 atom stereocenters. The highest BCUT2D eigenvalue weighted by atomic mass is 32.2. The molecular formula is C10H21NOS2. The van der Waals surface area contributed by atoms with Crippen molar-refractivity contribution in [3.05, 3.63) is 0 Å². The lowest BCUT2D eigenvalue weighted by Crippen LogP contribution is -2.37. The van der Waals surface area contributed by atoms with Crippen LogP contribution in [0.1, 0.15) is 6.92 Å². The van der Waals surface area contributed by atoms with E-state index in [4.69, 9.17) is 4.74 Å². The molecule has 1 saturated heterocycles. The van der Waals surface area contributed by atoms with E-state index in [-0.39, 0.29) is 0 Å². The normalized spacial score (nSPS) is 18.6. The van der Waals surface area contributed by atoms with Gasteiger partial charge in [0.25, 0.3) is 0 Å². The average molecular weight is 235 g/mol. The zero-order valence-corrected chi connectivity index (χ0v) is 10.7. The van der Waals surface area contributed by atoms with Gasteiger partial charge in [0.15, 0.2) is 0 Å². The van der Waals surface area contributed by atoms with E-state index in [2.05, 4.69) is 23.6 Å². The Hall–Kier alpha value is 0.620. The fraction of sp³-hybridized carbons (Fsp3) is 1.00. The molecule has 1 fully saturated rings. The van der Waals surface area contributed by atoms with Crippen LogP contribution in [-0.2, 0) is 4.74 Å². The van der Waals surface area contributed by atoms with Crippen molar-refractivity contribution < 1.29 is 4.74 Å². The average Bonchev–Trinajstić information content (AvgIpc) is 2.25. The van der Waals surface area contributed by atoms with Gasteiger partial charge in [0.2, 0.25) is 0 Å². The van der Waals surface area contributed by atoms with Crippen molar-refractivity contribution in [2.24, 2.45) is 0 Å². The van der Waals surface area contributed by atoms with E-state index in [0.717, 1.165) is 26.3 Å². The van der Waals surface area contributed by atoms with Gasteiger partial charge in [-0.25, -0.2) is 0 Å². The molecule has 0 bridgehead atoms. The number of thioether (sulfide) groups is 2. The number of morpholine rings is 1. The van der Waals surface area contributed by atoms with E-state index in [1.165, 1.54) is 29.6 Å². The van der Waals surface area contributed by atoms with Gasteiger partial charge in [-0.15, -0.1) is 0 Å². The molecule has 0 aromatic rings. The standard InChI is InChI=1S/C10H21NOS2/c1-2-13-9-10-14-8-5-11-3-6-12-7-4-11/h2-10H2,1H3. The van der Waals surface area contributed by atoms with Crippen LogP contribution in [0.2, 0.25) is 0 Å². The van der Waals surface area contributed by atoms with Crippen molar-refractivity contribution in [2.75, 3.05) is 55.9 Å². The third-order valence-corrected chi connectivity index (χ3v) is 4.36. The summed E-state index contributed by atoms with van der Waals surface area (Å²) in [5.41, 5.74) is 0. The first kappa shape index (κ1) is 12.7. The Bertz CT molecular complexity index is 129. The van der Waals surface area contributed by atoms with Gasteiger partial charge < -0.3 is 4.74 Å². The van der Waals surface area contributed by atoms with Gasteiger partial charge in [-0.3, -0.25) is 4.90 Å². The summed E-state index contributed by atoms with van der Waals surface area (Å²) in [5.74, 6) is 5.15. The molecule has 1 rings (SSSR count). The molecule has 0 unspecified atom stereocenters. The molecule has 14 heavy (non-hydrogen) atoms. The van der Waals surface area contributed by atoms with E-state index in [9.17, 15) is 0 Å². The lowest BCUT2D eigenvalue weighted by molar-refractivity contribution is 0.0410. The molecule has 0 aromatic carbocycles. The molecule has 0 spiro atoms. The first-order valence-corrected chi connectivity index (χ1v) is 7.70. The molecule has 1 aliphatic rings. The molecule has 0 saturated carbocycles. The minimum Gasteiger partial charge on any atom is -0.379 e. The van der Waals surface area contributed by atoms with E-state index < -0.39 is 0 Å². The Morgan fingerprint density at radius 2 is 1.79 bits per heavy atom. The summed E-state index contributed by atoms with van der Waals surface area (Å²) in [6.07, 6.45) is 0. The summed E-state index contributed by atoms with van der Waals surface area (Å²) >= 11 is 4.12. The first-order chi connectivity index (χ1) is 6.93. The van der Waals surface area contributed by atoms with Crippen molar-refractivity contribution >= 4 is 23.5 Å². The molecule has 84 valence electrons. The van der Waals surface area contributed by atoms with E-state index in [1.54, 1.807) is 0 Å². The summed E-state index contributed by atoms with van der Waals surface area (Å²) in [5, 5.41) is 0. The number of rotatable bonds is 7. The van der Waals surface area contributed by atoms with Crippen LogP contribution in [0.15, 0.2) is 0 Å². The summed E-state index contributed by atoms with van der Waals surface area (Å²) in [6.45, 7) is 7.58. The Labute approximate surface area is 96.1 Å². The van der Waals surface area contributed by atoms with Crippen LogP contribution in [0, 0.1) is 0 Å². The molecule has 0 aliphatic carbocycles. The van der Waals surface area contributed by atoms with Crippen LogP contribution in [0.5, 0.6) is 0 Å². The third kappa shape index (κ3) is 6.17. The third-order valence-electron chi connectivity index (χ3n) is 2.23. The van der Waals surface area contributed by atoms with Crippen LogP contribution >= 0.6 is 23.5 Å². The van der Waals surface area contributed by atoms with Gasteiger partial charge >= 0.3 is 0 Å². The van der Waals surface area contributed by atoms with Gasteiger partial charge in [-0.05, 0) is 5.75 Å². The molecule has 4 heteroatoms. The van der Waals surface area contributed by atoms with Crippen molar-refractivity contribution in [1.29, 1.82) is 0 Å². The second-order valence-corrected chi connectivity index (χ2v) is 5.88. The molecule has 0 aromatic heterocycles. The predicted molar refractivity (Wildman–Crippen MR) is 67.6 cm³/mol. The highest BCUT2D eigenvalue weighted by Gasteiger charge is 2.08. The van der Waals surface area contributed by atoms with Crippen LogP contribution in [0.25, 0.3) is 0 Å². The van der Waals surface area contributed by atoms with Crippen LogP contribution in [0.3, 0.4) is 0 Å². The van der Waals surface area contributed by atoms with Crippen molar-refractivity contribution in [1.82, 2.24) is 4.90 Å². The molecule has 0 radical (unpaired) electrons. The molecule has 1 heterocycles. The zero-order valence-electron chi connectivity index (χ0n) is 9.04. The Kier molecular flexibility index (Phi) is 8.06. The predicted octanol–water partition coefficient (Wildman–Crippen LogP) is 1.80. The van der Waals surface area contributed by atoms with Crippen molar-refractivity contribution in [3.8, 4) is 0 Å². The van der Waals surface area contributed by atoms with Crippen LogP contribution in [0.4, 0.5) is 0 Å². The first-order valence-electron chi connectivity index (χ1n) is 5.39. The topological polar surface area (TPSA) is 12.5 Å². The highest BCUT2D eigenvalue weighted by molar-refractivity contribution is 8.02. The maximum absolute atomic E-state index is 5.31. The zero-order chi connectivity index (χ0) is 10.1. The number of nitrogens with zero attached hydrogens (tertiary/aromatic N) is 1. The summed E-state index contributed by atoms with van der Waals surface area (Å²) < 4.78 is 5.31. The van der Waals surface area contributed by atoms with Gasteiger partial charge in [0, 0.05) is 36.9 Å². The minimum absolute atomic E-state index is 0.927. The maximum atomic E-state index is 5.31. The number of hydrogen-bond acceptors (Lipinski definition) is 4. The van der Waals surface area contributed by atoms with Gasteiger partial charge in [0.1, 0.15) is 0 Å². The van der Waals surface area contributed by atoms with Gasteiger partial charge in [-0.1, -0.05) is 6.92 Å². The molecular weight excluding hydrogens is 214 g/mol. The fourth-order valence-electron chi connectivity index (χ4n) is 1.38. The number of hydrogen-bond donors (Lipinski definition) is 0. The molecule has 1 aliphatic heterocycles. The van der Waals surface area contributed by atoms with Crippen LogP contribution in [-0.4, -0.2) is 60.8 Å².